The van der Waals surface area contributed by atoms with Crippen molar-refractivity contribution in [2.45, 2.75) is 31.7 Å². The fourth-order valence-electron chi connectivity index (χ4n) is 3.37. The zero-order valence-electron chi connectivity index (χ0n) is 12.2. The van der Waals surface area contributed by atoms with Gasteiger partial charge in [0, 0.05) is 25.2 Å². The lowest BCUT2D eigenvalue weighted by Gasteiger charge is -2.49. The summed E-state index contributed by atoms with van der Waals surface area (Å²) in [5.41, 5.74) is -0.0525. The number of esters is 1. The Morgan fingerprint density at radius 3 is 2.68 bits per heavy atom. The minimum Gasteiger partial charge on any atom is -0.466 e. The quantitative estimate of drug-likeness (QED) is 0.705. The van der Waals surface area contributed by atoms with Gasteiger partial charge in [0.25, 0.3) is 0 Å². The molecule has 2 aliphatic heterocycles. The van der Waals surface area contributed by atoms with E-state index in [1.165, 1.54) is 0 Å². The van der Waals surface area contributed by atoms with Crippen LogP contribution in [-0.2, 0) is 14.3 Å². The summed E-state index contributed by atoms with van der Waals surface area (Å²) < 4.78 is 10.6. The lowest BCUT2D eigenvalue weighted by atomic mass is 9.83. The maximum atomic E-state index is 12.0. The first-order valence-corrected chi connectivity index (χ1v) is 7.33. The second kappa shape index (κ2) is 6.68. The lowest BCUT2D eigenvalue weighted by Crippen LogP contribution is -2.61. The number of morpholine rings is 1. The molecule has 0 saturated carbocycles. The number of rotatable bonds is 4. The Morgan fingerprint density at radius 1 is 1.32 bits per heavy atom. The second-order valence-electron chi connectivity index (χ2n) is 5.65. The predicted molar refractivity (Wildman–Crippen MR) is 73.1 cm³/mol. The first kappa shape index (κ1) is 14.8. The van der Waals surface area contributed by atoms with Crippen LogP contribution in [0.1, 0.15) is 26.2 Å². The van der Waals surface area contributed by atoms with E-state index in [1.807, 2.05) is 6.92 Å². The fourth-order valence-corrected chi connectivity index (χ4v) is 3.37. The van der Waals surface area contributed by atoms with E-state index in [4.69, 9.17) is 9.47 Å². The minimum atomic E-state index is -0.0655. The molecule has 0 aromatic heterocycles. The number of likely N-dealkylation sites (tertiary alicyclic amines) is 1. The Hall–Kier alpha value is -0.650. The Bertz CT molecular complexity index is 305. The monoisotopic (exact) mass is 270 g/mol. The number of nitrogens with zero attached hydrogens (tertiary/aromatic N) is 2. The molecule has 0 bridgehead atoms. The molecule has 2 saturated heterocycles. The van der Waals surface area contributed by atoms with Gasteiger partial charge < -0.3 is 14.4 Å². The molecule has 5 heteroatoms. The first-order chi connectivity index (χ1) is 9.16. The van der Waals surface area contributed by atoms with Crippen LogP contribution in [0.25, 0.3) is 0 Å². The summed E-state index contributed by atoms with van der Waals surface area (Å²) >= 11 is 0. The number of piperidine rings is 1. The predicted octanol–water partition coefficient (Wildman–Crippen LogP) is 0.736. The highest BCUT2D eigenvalue weighted by atomic mass is 16.5. The van der Waals surface area contributed by atoms with Crippen LogP contribution in [-0.4, -0.2) is 74.4 Å². The summed E-state index contributed by atoms with van der Waals surface area (Å²) in [4.78, 5) is 16.7. The number of hydrogen-bond acceptors (Lipinski definition) is 5. The van der Waals surface area contributed by atoms with Gasteiger partial charge in [0.1, 0.15) is 0 Å². The molecular weight excluding hydrogens is 244 g/mol. The van der Waals surface area contributed by atoms with E-state index in [-0.39, 0.29) is 11.5 Å². The van der Waals surface area contributed by atoms with Crippen molar-refractivity contribution in [1.82, 2.24) is 9.80 Å². The minimum absolute atomic E-state index is 0.0525. The Morgan fingerprint density at radius 2 is 2.05 bits per heavy atom. The molecule has 110 valence electrons. The normalized spacial score (nSPS) is 30.2. The van der Waals surface area contributed by atoms with E-state index >= 15 is 0 Å². The first-order valence-electron chi connectivity index (χ1n) is 7.33. The van der Waals surface area contributed by atoms with Gasteiger partial charge in [-0.1, -0.05) is 0 Å². The molecule has 0 N–H and O–H groups in total. The Kier molecular flexibility index (Phi) is 5.19. The number of hydrogen-bond donors (Lipinski definition) is 0. The fraction of sp³-hybridized carbons (Fsp3) is 0.929. The summed E-state index contributed by atoms with van der Waals surface area (Å²) in [6, 6.07) is 0. The van der Waals surface area contributed by atoms with Gasteiger partial charge in [0.05, 0.1) is 26.2 Å². The van der Waals surface area contributed by atoms with Gasteiger partial charge in [0.2, 0.25) is 0 Å². The van der Waals surface area contributed by atoms with Crippen LogP contribution in [0.15, 0.2) is 0 Å². The summed E-state index contributed by atoms with van der Waals surface area (Å²) in [5.74, 6) is -0.0655. The van der Waals surface area contributed by atoms with Crippen LogP contribution in [0.3, 0.4) is 0 Å². The van der Waals surface area contributed by atoms with Gasteiger partial charge in [-0.25, -0.2) is 0 Å². The molecule has 0 aromatic carbocycles. The average Bonchev–Trinajstić information content (AvgIpc) is 2.40. The molecule has 0 amide bonds. The molecule has 2 fully saturated rings. The van der Waals surface area contributed by atoms with Crippen LogP contribution in [0, 0.1) is 0 Å². The third kappa shape index (κ3) is 3.68. The SMILES string of the molecule is CCOC(=O)CC1(N2CCOCC2)CCCN(C)C1. The van der Waals surface area contributed by atoms with Gasteiger partial charge in [-0.2, -0.15) is 0 Å². The van der Waals surface area contributed by atoms with Crippen molar-refractivity contribution in [3.05, 3.63) is 0 Å². The Balaban J connectivity index is 2.09. The Labute approximate surface area is 115 Å². The van der Waals surface area contributed by atoms with Crippen molar-refractivity contribution in [3.63, 3.8) is 0 Å². The summed E-state index contributed by atoms with van der Waals surface area (Å²) in [7, 11) is 2.14. The van der Waals surface area contributed by atoms with Crippen LogP contribution in [0.5, 0.6) is 0 Å². The molecule has 1 atom stereocenters. The van der Waals surface area contributed by atoms with Gasteiger partial charge in [-0.15, -0.1) is 0 Å². The maximum Gasteiger partial charge on any atom is 0.307 e. The second-order valence-corrected chi connectivity index (χ2v) is 5.65. The molecule has 2 heterocycles. The highest BCUT2D eigenvalue weighted by Gasteiger charge is 2.42. The van der Waals surface area contributed by atoms with E-state index in [0.717, 1.165) is 52.2 Å². The van der Waals surface area contributed by atoms with Gasteiger partial charge >= 0.3 is 5.97 Å². The van der Waals surface area contributed by atoms with Crippen LogP contribution in [0.2, 0.25) is 0 Å². The highest BCUT2D eigenvalue weighted by molar-refractivity contribution is 5.71. The molecule has 0 radical (unpaired) electrons. The topological polar surface area (TPSA) is 42.0 Å². The van der Waals surface area contributed by atoms with Crippen molar-refractivity contribution in [2.75, 3.05) is 53.0 Å². The number of ether oxygens (including phenoxy) is 2. The van der Waals surface area contributed by atoms with E-state index < -0.39 is 0 Å². The number of carbonyl (C=O) groups is 1. The largest absolute Gasteiger partial charge is 0.466 e. The van der Waals surface area contributed by atoms with Crippen molar-refractivity contribution in [2.24, 2.45) is 0 Å². The van der Waals surface area contributed by atoms with Crippen LogP contribution < -0.4 is 0 Å². The third-order valence-corrected chi connectivity index (χ3v) is 4.21. The van der Waals surface area contributed by atoms with E-state index in [0.29, 0.717) is 13.0 Å². The van der Waals surface area contributed by atoms with Gasteiger partial charge in [0.15, 0.2) is 0 Å². The average molecular weight is 270 g/mol. The van der Waals surface area contributed by atoms with Crippen molar-refractivity contribution in [1.29, 1.82) is 0 Å². The molecule has 19 heavy (non-hydrogen) atoms. The number of likely N-dealkylation sites (N-methyl/N-ethyl adjacent to an activating group) is 1. The smallest absolute Gasteiger partial charge is 0.307 e. The molecular formula is C14H26N2O3. The third-order valence-electron chi connectivity index (χ3n) is 4.21. The summed E-state index contributed by atoms with van der Waals surface area (Å²) in [6.07, 6.45) is 2.73. The van der Waals surface area contributed by atoms with Crippen molar-refractivity contribution < 1.29 is 14.3 Å². The van der Waals surface area contributed by atoms with Crippen molar-refractivity contribution >= 4 is 5.97 Å². The van der Waals surface area contributed by atoms with Crippen LogP contribution in [0.4, 0.5) is 0 Å². The maximum absolute atomic E-state index is 12.0. The van der Waals surface area contributed by atoms with Gasteiger partial charge in [-0.3, -0.25) is 9.69 Å². The zero-order valence-corrected chi connectivity index (χ0v) is 12.2. The summed E-state index contributed by atoms with van der Waals surface area (Å²) in [6.45, 7) is 7.80. The lowest BCUT2D eigenvalue weighted by molar-refractivity contribution is -0.149. The molecule has 0 spiro atoms. The number of carbonyl (C=O) groups excluding carboxylic acids is 1. The highest BCUT2D eigenvalue weighted by Crippen LogP contribution is 2.31. The summed E-state index contributed by atoms with van der Waals surface area (Å²) in [5, 5.41) is 0. The molecule has 0 aromatic rings. The molecule has 5 nitrogen and oxygen atoms in total. The molecule has 2 aliphatic rings. The molecule has 2 rings (SSSR count). The van der Waals surface area contributed by atoms with E-state index in [9.17, 15) is 4.79 Å². The van der Waals surface area contributed by atoms with Crippen molar-refractivity contribution in [3.8, 4) is 0 Å². The zero-order chi connectivity index (χ0) is 13.7. The standard InChI is InChI=1S/C14H26N2O3/c1-3-19-13(17)11-14(5-4-6-15(2)12-14)16-7-9-18-10-8-16/h3-12H2,1-2H3. The molecule has 0 aliphatic carbocycles. The van der Waals surface area contributed by atoms with Gasteiger partial charge in [-0.05, 0) is 33.4 Å². The van der Waals surface area contributed by atoms with E-state index in [1.54, 1.807) is 0 Å². The van der Waals surface area contributed by atoms with Crippen LogP contribution >= 0.6 is 0 Å². The van der Waals surface area contributed by atoms with E-state index in [2.05, 4.69) is 16.8 Å². The molecule has 1 unspecified atom stereocenters.